The number of anilines is 1. The summed E-state index contributed by atoms with van der Waals surface area (Å²) >= 11 is 0. The first-order valence-electron chi connectivity index (χ1n) is 4.67. The van der Waals surface area contributed by atoms with Crippen molar-refractivity contribution in [3.05, 3.63) is 35.4 Å². The molecule has 0 radical (unpaired) electrons. The summed E-state index contributed by atoms with van der Waals surface area (Å²) in [6.45, 7) is 0.787. The Labute approximate surface area is 114 Å². The molecule has 0 heterocycles. The third kappa shape index (κ3) is 7.77. The van der Waals surface area contributed by atoms with Gasteiger partial charge >= 0.3 is 5.08 Å². The number of hydrogen-bond acceptors (Lipinski definition) is 3. The van der Waals surface area contributed by atoms with Gasteiger partial charge in [0.25, 0.3) is 5.39 Å². The Hall–Kier alpha value is -1.06. The van der Waals surface area contributed by atoms with Gasteiger partial charge in [0.05, 0.1) is 6.54 Å². The average Bonchev–Trinajstić information content (AvgIpc) is 2.26. The number of halogens is 2. The van der Waals surface area contributed by atoms with Crippen LogP contribution >= 0.6 is 0 Å². The van der Waals surface area contributed by atoms with Crippen molar-refractivity contribution in [3.63, 3.8) is 0 Å². The van der Waals surface area contributed by atoms with Gasteiger partial charge in [0.15, 0.2) is 0 Å². The van der Waals surface area contributed by atoms with E-state index in [-0.39, 0.29) is 37.6 Å². The first-order chi connectivity index (χ1) is 6.88. The maximum absolute atomic E-state index is 8.77. The van der Waals surface area contributed by atoms with Gasteiger partial charge in [-0.3, -0.25) is 0 Å². The quantitative estimate of drug-likeness (QED) is 0.332. The van der Waals surface area contributed by atoms with E-state index in [1.54, 1.807) is 0 Å². The van der Waals surface area contributed by atoms with Gasteiger partial charge < -0.3 is 36.1 Å². The van der Waals surface area contributed by atoms with E-state index in [1.807, 2.05) is 30.3 Å². The van der Waals surface area contributed by atoms with Crippen LogP contribution in [0.15, 0.2) is 30.3 Å². The molecule has 1 aromatic rings. The van der Waals surface area contributed by atoms with Gasteiger partial charge in [-0.15, -0.1) is 0 Å². The van der Waals surface area contributed by atoms with Crippen molar-refractivity contribution in [2.75, 3.05) is 18.2 Å². The normalized spacial score (nSPS) is 7.76. The minimum Gasteiger partial charge on any atom is -1.00 e. The number of unbranched alkanes of at least 4 members (excludes halogenated alkanes) is 1. The fourth-order valence-corrected chi connectivity index (χ4v) is 1.20. The van der Waals surface area contributed by atoms with Crippen molar-refractivity contribution in [1.82, 2.24) is 6.15 Å². The van der Waals surface area contributed by atoms with Crippen molar-refractivity contribution in [2.24, 2.45) is 0 Å². The number of para-hydroxylation sites is 1. The molecule has 0 fully saturated rings. The molecule has 98 valence electrons. The van der Waals surface area contributed by atoms with Gasteiger partial charge in [-0.2, -0.15) is 0 Å². The number of benzene rings is 1. The van der Waals surface area contributed by atoms with E-state index in [9.17, 15) is 0 Å². The van der Waals surface area contributed by atoms with Crippen molar-refractivity contribution in [3.8, 4) is 0 Å². The maximum Gasteiger partial charge on any atom is 0.310 e. The van der Waals surface area contributed by atoms with Crippen LogP contribution in [-0.4, -0.2) is 18.3 Å². The lowest BCUT2D eigenvalue weighted by Gasteiger charge is -2.02. The lowest BCUT2D eigenvalue weighted by Crippen LogP contribution is -3.00. The SMILES string of the molecule is N#[N+]N(CCCCO)c1ccccc1.[Cl-].[Cl-].[NH4+]. The van der Waals surface area contributed by atoms with E-state index < -0.39 is 0 Å². The van der Waals surface area contributed by atoms with E-state index in [0.717, 1.165) is 18.5 Å². The zero-order valence-corrected chi connectivity index (χ0v) is 11.3. The average molecular weight is 281 g/mol. The molecule has 0 aliphatic carbocycles. The second-order valence-electron chi connectivity index (χ2n) is 2.98. The summed E-state index contributed by atoms with van der Waals surface area (Å²) in [5.41, 5.74) is 0.855. The predicted octanol–water partition coefficient (Wildman–Crippen LogP) is -3.58. The van der Waals surface area contributed by atoms with E-state index in [2.05, 4.69) is 5.08 Å². The fourth-order valence-electron chi connectivity index (χ4n) is 1.20. The predicted molar refractivity (Wildman–Crippen MR) is 61.2 cm³/mol. The van der Waals surface area contributed by atoms with Crippen molar-refractivity contribution >= 4 is 5.69 Å². The topological polar surface area (TPSA) is 88.1 Å². The smallest absolute Gasteiger partial charge is 0.310 e. The summed E-state index contributed by atoms with van der Waals surface area (Å²) in [7, 11) is 0. The van der Waals surface area contributed by atoms with Crippen LogP contribution in [0.4, 0.5) is 5.69 Å². The first kappa shape index (κ1) is 21.2. The molecule has 5 nitrogen and oxygen atoms in total. The molecule has 0 aromatic heterocycles. The summed E-state index contributed by atoms with van der Waals surface area (Å²) in [6.07, 6.45) is 1.52. The highest BCUT2D eigenvalue weighted by molar-refractivity contribution is 5.46. The molecular formula is C10H18Cl2N4O. The Bertz CT molecular complexity index is 305. The molecule has 0 atom stereocenters. The summed E-state index contributed by atoms with van der Waals surface area (Å²) in [6, 6.07) is 9.43. The van der Waals surface area contributed by atoms with E-state index in [1.165, 1.54) is 5.01 Å². The largest absolute Gasteiger partial charge is 1.00 e. The molecule has 0 aliphatic rings. The molecule has 0 unspecified atom stereocenters. The minimum absolute atomic E-state index is 0. The zero-order chi connectivity index (χ0) is 10.2. The van der Waals surface area contributed by atoms with Crippen LogP contribution in [0.5, 0.6) is 0 Å². The molecule has 1 rings (SSSR count). The number of diazo groups is 1. The molecule has 7 heteroatoms. The van der Waals surface area contributed by atoms with Crippen LogP contribution in [0.2, 0.25) is 0 Å². The molecule has 0 saturated carbocycles. The Morgan fingerprint density at radius 3 is 2.18 bits per heavy atom. The minimum atomic E-state index is 0. The Balaban J connectivity index is -0.000000653. The number of hydrogen-bond donors (Lipinski definition) is 2. The summed E-state index contributed by atoms with van der Waals surface area (Å²) in [5.74, 6) is 0. The van der Waals surface area contributed by atoms with Gasteiger partial charge in [0.2, 0.25) is 0 Å². The molecule has 17 heavy (non-hydrogen) atoms. The Morgan fingerprint density at radius 2 is 1.71 bits per heavy atom. The highest BCUT2D eigenvalue weighted by Crippen LogP contribution is 2.13. The number of aliphatic hydroxyl groups excluding tert-OH is 1. The van der Waals surface area contributed by atoms with Crippen molar-refractivity contribution < 1.29 is 29.9 Å². The molecule has 0 aliphatic heterocycles. The fraction of sp³-hybridized carbons (Fsp3) is 0.400. The van der Waals surface area contributed by atoms with Gasteiger partial charge in [-0.1, -0.05) is 18.2 Å². The highest BCUT2D eigenvalue weighted by Gasteiger charge is 2.14. The number of rotatable bonds is 5. The molecule has 1 aromatic carbocycles. The van der Waals surface area contributed by atoms with Crippen LogP contribution in [0.25, 0.3) is 5.08 Å². The zero-order valence-electron chi connectivity index (χ0n) is 9.76. The number of aliphatic hydroxyl groups is 1. The van der Waals surface area contributed by atoms with E-state index in [4.69, 9.17) is 10.5 Å². The molecule has 5 N–H and O–H groups in total. The van der Waals surface area contributed by atoms with Crippen molar-refractivity contribution in [2.45, 2.75) is 12.8 Å². The molecular weight excluding hydrogens is 263 g/mol. The maximum atomic E-state index is 8.77. The standard InChI is InChI=1S/C10H14N3O.2ClH.H3N/c11-12-13(8-4-5-9-14)10-6-2-1-3-7-10;;;/h1-3,6-7,14H,4-5,8-9H2;2*1H;1H3/q+1;;;/p-1. The highest BCUT2D eigenvalue weighted by atomic mass is 35.5. The first-order valence-corrected chi connectivity index (χ1v) is 4.67. The lowest BCUT2D eigenvalue weighted by molar-refractivity contribution is -0.00100. The summed E-state index contributed by atoms with van der Waals surface area (Å²) in [5, 5.41) is 22.1. The van der Waals surface area contributed by atoms with Crippen LogP contribution in [0, 0.1) is 5.39 Å². The van der Waals surface area contributed by atoms with Crippen LogP contribution in [0.3, 0.4) is 0 Å². The van der Waals surface area contributed by atoms with E-state index in [0.29, 0.717) is 6.54 Å². The van der Waals surface area contributed by atoms with Crippen LogP contribution < -0.4 is 36.0 Å². The van der Waals surface area contributed by atoms with Gasteiger partial charge in [-0.25, -0.2) is 0 Å². The Morgan fingerprint density at radius 1 is 1.12 bits per heavy atom. The van der Waals surface area contributed by atoms with Crippen molar-refractivity contribution in [1.29, 1.82) is 5.39 Å². The third-order valence-corrected chi connectivity index (χ3v) is 1.94. The molecule has 0 saturated heterocycles. The molecule has 0 bridgehead atoms. The summed E-state index contributed by atoms with van der Waals surface area (Å²) in [4.78, 5) is 0. The van der Waals surface area contributed by atoms with Crippen LogP contribution in [-0.2, 0) is 0 Å². The summed E-state index contributed by atoms with van der Waals surface area (Å²) < 4.78 is 0. The van der Waals surface area contributed by atoms with Crippen LogP contribution in [0.1, 0.15) is 12.8 Å². The lowest BCUT2D eigenvalue weighted by atomic mass is 10.3. The van der Waals surface area contributed by atoms with Gasteiger partial charge in [0.1, 0.15) is 5.69 Å². The monoisotopic (exact) mass is 280 g/mol. The second-order valence-corrected chi connectivity index (χ2v) is 2.98. The molecule has 0 amide bonds. The van der Waals surface area contributed by atoms with Gasteiger partial charge in [0, 0.05) is 6.61 Å². The second kappa shape index (κ2) is 13.0. The number of nitrogens with zero attached hydrogens (tertiary/aromatic N) is 3. The van der Waals surface area contributed by atoms with Gasteiger partial charge in [-0.05, 0) is 30.0 Å². The number of quaternary nitrogens is 1. The Kier molecular flexibility index (Phi) is 16.3. The molecule has 0 spiro atoms. The third-order valence-electron chi connectivity index (χ3n) is 1.94. The van der Waals surface area contributed by atoms with E-state index >= 15 is 0 Å².